The standard InChI is InChI=1S/C25H36N4O12P2S/c1-14-10-28(24(34)26-22(14)32)20-8-16(31)19(40-20)13-38-43(36,44-7-5-3-4-6-37-42)41-17-9-21(39-18(17)12-30)29-11-15(2)23(33)27-25(29)35/h3-4,10-11,16-21,30-31H,5-9,12-13,42H2,1-2H3,(H,26,32,34)(H,27,33,35)/b4-3-/t16-,17-,18+,19+,20+,21+,43?/m0/s1. The minimum atomic E-state index is -4.01. The number of hydrogen-bond donors (Lipinski definition) is 4. The van der Waals surface area contributed by atoms with Gasteiger partial charge in [0, 0.05) is 51.6 Å². The normalized spacial score (nSPS) is 26.8. The molecule has 0 aliphatic carbocycles. The first-order valence-corrected chi connectivity index (χ1v) is 17.3. The summed E-state index contributed by atoms with van der Waals surface area (Å²) in [4.78, 5) is 52.7. The molecule has 4 heterocycles. The molecule has 44 heavy (non-hydrogen) atoms. The maximum atomic E-state index is 14.1. The number of aromatic amines is 2. The number of ether oxygens (including phenoxy) is 2. The van der Waals surface area contributed by atoms with Crippen LogP contribution in [0.4, 0.5) is 0 Å². The molecule has 2 unspecified atom stereocenters. The first kappa shape index (κ1) is 34.7. The van der Waals surface area contributed by atoms with Crippen LogP contribution in [0.3, 0.4) is 0 Å². The van der Waals surface area contributed by atoms with Crippen molar-refractivity contribution in [2.75, 3.05) is 25.6 Å². The zero-order chi connectivity index (χ0) is 32.0. The van der Waals surface area contributed by atoms with Crippen LogP contribution in [0.15, 0.2) is 43.7 Å². The summed E-state index contributed by atoms with van der Waals surface area (Å²) >= 11 is 0.902. The van der Waals surface area contributed by atoms with Crippen molar-refractivity contribution in [1.29, 1.82) is 0 Å². The monoisotopic (exact) mass is 678 g/mol. The molecule has 19 heteroatoms. The highest BCUT2D eigenvalue weighted by Gasteiger charge is 2.44. The quantitative estimate of drug-likeness (QED) is 0.123. The molecule has 0 radical (unpaired) electrons. The molecular weight excluding hydrogens is 642 g/mol. The Balaban J connectivity index is 1.48. The summed E-state index contributed by atoms with van der Waals surface area (Å²) in [5.74, 6) is 0.312. The van der Waals surface area contributed by atoms with E-state index < -0.39 is 72.8 Å². The fourth-order valence-corrected chi connectivity index (χ4v) is 8.25. The van der Waals surface area contributed by atoms with Crippen molar-refractivity contribution in [2.45, 2.75) is 70.0 Å². The predicted octanol–water partition coefficient (Wildman–Crippen LogP) is 0.628. The molecule has 0 aromatic carbocycles. The molecule has 4 N–H and O–H groups in total. The number of aliphatic hydroxyl groups excluding tert-OH is 2. The van der Waals surface area contributed by atoms with Crippen LogP contribution in [0.2, 0.25) is 0 Å². The van der Waals surface area contributed by atoms with E-state index in [0.717, 1.165) is 15.9 Å². The molecule has 2 saturated heterocycles. The lowest BCUT2D eigenvalue weighted by Gasteiger charge is -2.25. The van der Waals surface area contributed by atoms with Gasteiger partial charge in [-0.1, -0.05) is 12.2 Å². The van der Waals surface area contributed by atoms with Gasteiger partial charge in [0.25, 0.3) is 11.1 Å². The maximum absolute atomic E-state index is 14.1. The summed E-state index contributed by atoms with van der Waals surface area (Å²) in [6, 6.07) is 0. The summed E-state index contributed by atoms with van der Waals surface area (Å²) in [5.41, 5.74) is -1.93. The van der Waals surface area contributed by atoms with Crippen LogP contribution in [-0.4, -0.2) is 79.3 Å². The molecule has 0 amide bonds. The molecule has 2 fully saturated rings. The number of aryl methyl sites for hydroxylation is 2. The largest absolute Gasteiger partial charge is 0.394 e. The zero-order valence-corrected chi connectivity index (χ0v) is 26.9. The van der Waals surface area contributed by atoms with Crippen LogP contribution in [-0.2, 0) is 27.6 Å². The van der Waals surface area contributed by atoms with E-state index in [9.17, 15) is 34.0 Å². The average molecular weight is 679 g/mol. The van der Waals surface area contributed by atoms with Gasteiger partial charge in [-0.15, -0.1) is 0 Å². The Kier molecular flexibility index (Phi) is 12.2. The molecule has 2 aromatic heterocycles. The van der Waals surface area contributed by atoms with Crippen LogP contribution >= 0.6 is 27.6 Å². The summed E-state index contributed by atoms with van der Waals surface area (Å²) in [5, 5.41) is 20.6. The summed E-state index contributed by atoms with van der Waals surface area (Å²) in [7, 11) is 2.14. The van der Waals surface area contributed by atoms with E-state index in [1.165, 1.54) is 30.8 Å². The molecule has 0 saturated carbocycles. The van der Waals surface area contributed by atoms with Crippen molar-refractivity contribution in [2.24, 2.45) is 0 Å². The van der Waals surface area contributed by atoms with Gasteiger partial charge >= 0.3 is 18.2 Å². The highest BCUT2D eigenvalue weighted by molar-refractivity contribution is 8.55. The summed E-state index contributed by atoms with van der Waals surface area (Å²) in [6.07, 6.45) is 0.963. The van der Waals surface area contributed by atoms with Crippen molar-refractivity contribution in [3.63, 3.8) is 0 Å². The molecule has 244 valence electrons. The predicted molar refractivity (Wildman–Crippen MR) is 163 cm³/mol. The molecule has 16 nitrogen and oxygen atoms in total. The molecule has 2 aromatic rings. The first-order valence-electron chi connectivity index (χ1n) is 13.7. The van der Waals surface area contributed by atoms with Gasteiger partial charge in [-0.2, -0.15) is 0 Å². The molecular formula is C25H36N4O12P2S. The Morgan fingerprint density at radius 2 is 1.61 bits per heavy atom. The number of nitrogens with one attached hydrogen (secondary N) is 2. The molecule has 0 spiro atoms. The Labute approximate surface area is 257 Å². The molecule has 4 rings (SSSR count). The van der Waals surface area contributed by atoms with Crippen LogP contribution in [0.1, 0.15) is 42.8 Å². The number of allylic oxidation sites excluding steroid dienone is 1. The molecule has 2 aliphatic rings. The minimum Gasteiger partial charge on any atom is -0.394 e. The van der Waals surface area contributed by atoms with Gasteiger partial charge in [0.2, 0.25) is 0 Å². The van der Waals surface area contributed by atoms with Crippen LogP contribution in [0, 0.1) is 13.8 Å². The van der Waals surface area contributed by atoms with Crippen molar-refractivity contribution < 1.29 is 37.8 Å². The second-order valence-corrected chi connectivity index (χ2v) is 14.7. The third-order valence-electron chi connectivity index (χ3n) is 7.03. The Hall–Kier alpha value is -2.17. The van der Waals surface area contributed by atoms with E-state index in [-0.39, 0.29) is 30.6 Å². The number of hydrogen-bond acceptors (Lipinski definition) is 13. The van der Waals surface area contributed by atoms with E-state index in [1.807, 2.05) is 6.08 Å². The van der Waals surface area contributed by atoms with Crippen LogP contribution in [0.25, 0.3) is 0 Å². The molecule has 8 atom stereocenters. The molecule has 2 aliphatic heterocycles. The first-order chi connectivity index (χ1) is 20.9. The number of aromatic nitrogens is 4. The second kappa shape index (κ2) is 15.4. The third-order valence-corrected chi connectivity index (χ3v) is 11.0. The van der Waals surface area contributed by atoms with Crippen LogP contribution < -0.4 is 22.5 Å². The highest BCUT2D eigenvalue weighted by Crippen LogP contribution is 2.63. The number of rotatable bonds is 14. The SMILES string of the molecule is Cc1cn([C@H]2C[C@H](OP(=O)(OC[C@H]3O[C@@H](n4cc(C)c(=O)[nH]c4=O)C[C@@H]3O)SCC/C=C\COP)[C@@H](CO)O2)c(=O)[nH]c1=O. The van der Waals surface area contributed by atoms with Gasteiger partial charge in [0.05, 0.1) is 25.9 Å². The Morgan fingerprint density at radius 3 is 2.20 bits per heavy atom. The lowest BCUT2D eigenvalue weighted by atomic mass is 10.2. The van der Waals surface area contributed by atoms with Gasteiger partial charge in [-0.25, -0.2) is 14.2 Å². The van der Waals surface area contributed by atoms with Crippen molar-refractivity contribution in [1.82, 2.24) is 19.1 Å². The summed E-state index contributed by atoms with van der Waals surface area (Å²) < 4.78 is 44.7. The van der Waals surface area contributed by atoms with Gasteiger partial charge in [0.1, 0.15) is 30.8 Å². The van der Waals surface area contributed by atoms with E-state index in [0.29, 0.717) is 18.8 Å². The average Bonchev–Trinajstić information content (AvgIpc) is 3.55. The van der Waals surface area contributed by atoms with Crippen molar-refractivity contribution in [3.8, 4) is 0 Å². The van der Waals surface area contributed by atoms with E-state index in [2.05, 4.69) is 19.4 Å². The third kappa shape index (κ3) is 8.55. The van der Waals surface area contributed by atoms with Gasteiger partial charge < -0.3 is 24.2 Å². The lowest BCUT2D eigenvalue weighted by Crippen LogP contribution is -2.33. The van der Waals surface area contributed by atoms with E-state index >= 15 is 0 Å². The zero-order valence-electron chi connectivity index (χ0n) is 24.0. The molecule has 0 bridgehead atoms. The number of H-pyrrole nitrogens is 2. The van der Waals surface area contributed by atoms with Gasteiger partial charge in [-0.05, 0) is 31.7 Å². The number of nitrogens with zero attached hydrogens (tertiary/aromatic N) is 2. The summed E-state index contributed by atoms with van der Waals surface area (Å²) in [6.45, 7) is -1.46. The van der Waals surface area contributed by atoms with E-state index in [1.54, 1.807) is 6.08 Å². The fourth-order valence-electron chi connectivity index (χ4n) is 4.68. The van der Waals surface area contributed by atoms with Crippen molar-refractivity contribution in [3.05, 3.63) is 77.3 Å². The van der Waals surface area contributed by atoms with Crippen molar-refractivity contribution >= 4 is 27.6 Å². The smallest absolute Gasteiger partial charge is 0.389 e. The van der Waals surface area contributed by atoms with Gasteiger partial charge in [-0.3, -0.25) is 37.7 Å². The second-order valence-electron chi connectivity index (χ2n) is 10.3. The number of aliphatic hydroxyl groups is 2. The maximum Gasteiger partial charge on any atom is 0.389 e. The van der Waals surface area contributed by atoms with Crippen LogP contribution in [0.5, 0.6) is 0 Å². The minimum absolute atomic E-state index is 0.00897. The Bertz CT molecular complexity index is 1610. The highest BCUT2D eigenvalue weighted by atomic mass is 32.7. The Morgan fingerprint density at radius 1 is 1.02 bits per heavy atom. The lowest BCUT2D eigenvalue weighted by molar-refractivity contribution is -0.0510. The fraction of sp³-hybridized carbons (Fsp3) is 0.600. The van der Waals surface area contributed by atoms with E-state index in [4.69, 9.17) is 23.0 Å². The topological polar surface area (TPSA) is 213 Å². The van der Waals surface area contributed by atoms with Gasteiger partial charge in [0.15, 0.2) is 0 Å².